The highest BCUT2D eigenvalue weighted by molar-refractivity contribution is 7.85. The van der Waals surface area contributed by atoms with E-state index in [0.29, 0.717) is 35.2 Å². The Morgan fingerprint density at radius 1 is 0.860 bits per heavy atom. The van der Waals surface area contributed by atoms with Gasteiger partial charge < -0.3 is 15.0 Å². The summed E-state index contributed by atoms with van der Waals surface area (Å²) in [6, 6.07) is 22.7. The van der Waals surface area contributed by atoms with E-state index in [1.54, 1.807) is 12.1 Å². The average Bonchev–Trinajstić information content (AvgIpc) is 3.52. The summed E-state index contributed by atoms with van der Waals surface area (Å²) < 4.78 is 17.0. The molecule has 0 aliphatic carbocycles. The van der Waals surface area contributed by atoms with Crippen molar-refractivity contribution in [1.82, 2.24) is 9.88 Å². The first-order valence-corrected chi connectivity index (χ1v) is 16.6. The van der Waals surface area contributed by atoms with Gasteiger partial charge in [0.2, 0.25) is 0 Å². The van der Waals surface area contributed by atoms with Crippen molar-refractivity contribution in [3.63, 3.8) is 0 Å². The van der Waals surface area contributed by atoms with Gasteiger partial charge in [-0.05, 0) is 54.1 Å². The van der Waals surface area contributed by atoms with E-state index < -0.39 is 10.8 Å². The summed E-state index contributed by atoms with van der Waals surface area (Å²) in [5, 5.41) is 8.22. The number of aromatic nitrogens is 1. The molecule has 4 aromatic rings. The van der Waals surface area contributed by atoms with Crippen molar-refractivity contribution in [3.05, 3.63) is 94.9 Å². The highest BCUT2D eigenvalue weighted by atomic mass is 32.2. The molecule has 3 aromatic carbocycles. The molecular weight excluding hydrogens is 583 g/mol. The van der Waals surface area contributed by atoms with Crippen molar-refractivity contribution >= 4 is 50.5 Å². The van der Waals surface area contributed by atoms with Crippen LogP contribution in [0.5, 0.6) is 0 Å². The Morgan fingerprint density at radius 2 is 1.58 bits per heavy atom. The molecule has 0 saturated carbocycles. The highest BCUT2D eigenvalue weighted by Gasteiger charge is 2.16. The molecule has 2 amide bonds. The van der Waals surface area contributed by atoms with E-state index in [1.807, 2.05) is 66.0 Å². The van der Waals surface area contributed by atoms with Crippen LogP contribution in [-0.2, 0) is 22.1 Å². The number of benzene rings is 3. The van der Waals surface area contributed by atoms with Crippen LogP contribution >= 0.6 is 11.3 Å². The minimum Gasteiger partial charge on any atom is -0.378 e. The van der Waals surface area contributed by atoms with Crippen molar-refractivity contribution in [1.29, 1.82) is 0 Å². The first kappa shape index (κ1) is 29.2. The smallest absolute Gasteiger partial charge is 0.257 e. The molecule has 2 aliphatic heterocycles. The van der Waals surface area contributed by atoms with E-state index in [9.17, 15) is 13.8 Å². The highest BCUT2D eigenvalue weighted by Crippen LogP contribution is 2.27. The minimum absolute atomic E-state index is 0.211. The number of hydrogen-bond acceptors (Lipinski definition) is 8. The monoisotopic (exact) mass is 615 g/mol. The number of hydrogen-bond donors (Lipinski definition) is 2. The van der Waals surface area contributed by atoms with E-state index in [-0.39, 0.29) is 11.8 Å². The predicted molar refractivity (Wildman–Crippen MR) is 173 cm³/mol. The predicted octanol–water partition coefficient (Wildman–Crippen LogP) is 4.72. The number of carbonyl (C=O) groups excluding carboxylic acids is 2. The third-order valence-electron chi connectivity index (χ3n) is 7.54. The molecule has 0 spiro atoms. The maximum absolute atomic E-state index is 13.0. The van der Waals surface area contributed by atoms with Crippen LogP contribution in [0.1, 0.15) is 26.3 Å². The first-order chi connectivity index (χ1) is 21.0. The zero-order valence-electron chi connectivity index (χ0n) is 23.7. The molecule has 43 heavy (non-hydrogen) atoms. The lowest BCUT2D eigenvalue weighted by atomic mass is 10.1. The maximum atomic E-state index is 13.0. The number of nitrogens with zero attached hydrogens (tertiary/aromatic N) is 3. The standard InChI is InChI=1S/C32H33N5O4S2/c38-30(24-6-10-28(11-7-24)37-12-16-41-17-13-37)35-32-34-29(22-42-32)25-2-1-3-26(20-25)31(39)33-27-8-4-23(5-9-27)21-36-14-18-43(40)19-15-36/h1-11,20,22H,12-19,21H2,(H,33,39)(H,34,35,38). The van der Waals surface area contributed by atoms with Crippen LogP contribution in [-0.4, -0.2) is 76.8 Å². The molecule has 2 fully saturated rings. The van der Waals surface area contributed by atoms with Gasteiger partial charge in [0, 0.05) is 88.5 Å². The summed E-state index contributed by atoms with van der Waals surface area (Å²) in [4.78, 5) is 35.0. The zero-order chi connectivity index (χ0) is 29.6. The molecule has 2 aliphatic rings. The first-order valence-electron chi connectivity index (χ1n) is 14.3. The van der Waals surface area contributed by atoms with E-state index in [4.69, 9.17) is 4.74 Å². The van der Waals surface area contributed by atoms with Crippen molar-refractivity contribution in [3.8, 4) is 11.3 Å². The average molecular weight is 616 g/mol. The largest absolute Gasteiger partial charge is 0.378 e. The number of nitrogens with one attached hydrogen (secondary N) is 2. The van der Waals surface area contributed by atoms with Gasteiger partial charge >= 0.3 is 0 Å². The molecule has 11 heteroatoms. The van der Waals surface area contributed by atoms with Crippen LogP contribution in [0.2, 0.25) is 0 Å². The number of anilines is 3. The summed E-state index contributed by atoms with van der Waals surface area (Å²) >= 11 is 1.34. The Labute approximate surface area is 257 Å². The van der Waals surface area contributed by atoms with Crippen LogP contribution in [0, 0.1) is 0 Å². The van der Waals surface area contributed by atoms with Gasteiger partial charge in [0.05, 0.1) is 18.9 Å². The lowest BCUT2D eigenvalue weighted by Gasteiger charge is -2.28. The molecule has 9 nitrogen and oxygen atoms in total. The van der Waals surface area contributed by atoms with Gasteiger partial charge in [0.25, 0.3) is 11.8 Å². The third-order valence-corrected chi connectivity index (χ3v) is 9.57. The molecular formula is C32H33N5O4S2. The number of thiazole rings is 1. The SMILES string of the molecule is O=C(Nc1ccc(CN2CCS(=O)CC2)cc1)c1cccc(-c2csc(NC(=O)c3ccc(N4CCOCC4)cc3)n2)c1. The van der Waals surface area contributed by atoms with Crippen molar-refractivity contribution in [2.45, 2.75) is 6.54 Å². The van der Waals surface area contributed by atoms with Crippen molar-refractivity contribution in [2.75, 3.05) is 66.4 Å². The van der Waals surface area contributed by atoms with E-state index in [2.05, 4.69) is 25.4 Å². The molecule has 6 rings (SSSR count). The number of morpholine rings is 1. The van der Waals surface area contributed by atoms with E-state index in [1.165, 1.54) is 11.3 Å². The molecule has 2 N–H and O–H groups in total. The van der Waals surface area contributed by atoms with Crippen LogP contribution in [0.25, 0.3) is 11.3 Å². The summed E-state index contributed by atoms with van der Waals surface area (Å²) in [7, 11) is -0.685. The fourth-order valence-electron chi connectivity index (χ4n) is 5.09. The normalized spacial score (nSPS) is 16.1. The van der Waals surface area contributed by atoms with Gasteiger partial charge in [-0.1, -0.05) is 24.3 Å². The quantitative estimate of drug-likeness (QED) is 0.296. The lowest BCUT2D eigenvalue weighted by Crippen LogP contribution is -2.37. The Kier molecular flexibility index (Phi) is 9.23. The van der Waals surface area contributed by atoms with Gasteiger partial charge in [-0.2, -0.15) is 0 Å². The number of carbonyl (C=O) groups is 2. The van der Waals surface area contributed by atoms with Crippen molar-refractivity contribution in [2.24, 2.45) is 0 Å². The van der Waals surface area contributed by atoms with E-state index >= 15 is 0 Å². The number of amides is 2. The molecule has 2 saturated heterocycles. The lowest BCUT2D eigenvalue weighted by molar-refractivity contribution is 0.101. The number of rotatable bonds is 8. The second kappa shape index (κ2) is 13.6. The second-order valence-electron chi connectivity index (χ2n) is 10.5. The molecule has 0 bridgehead atoms. The Balaban J connectivity index is 1.04. The Hall–Kier alpha value is -3.90. The molecule has 1 aromatic heterocycles. The summed E-state index contributed by atoms with van der Waals surface area (Å²) in [6.07, 6.45) is 0. The van der Waals surface area contributed by atoms with Gasteiger partial charge in [-0.3, -0.25) is 24.0 Å². The second-order valence-corrected chi connectivity index (χ2v) is 13.0. The number of ether oxygens (including phenoxy) is 1. The van der Waals surface area contributed by atoms with Gasteiger partial charge in [0.15, 0.2) is 5.13 Å². The maximum Gasteiger partial charge on any atom is 0.257 e. The van der Waals surface area contributed by atoms with Crippen LogP contribution in [0.15, 0.2) is 78.2 Å². The molecule has 0 atom stereocenters. The fourth-order valence-corrected chi connectivity index (χ4v) is 6.93. The molecule has 3 heterocycles. The van der Waals surface area contributed by atoms with E-state index in [0.717, 1.165) is 66.7 Å². The topological polar surface area (TPSA) is 104 Å². The minimum atomic E-state index is -0.685. The summed E-state index contributed by atoms with van der Waals surface area (Å²) in [6.45, 7) is 5.60. The molecule has 0 unspecified atom stereocenters. The van der Waals surface area contributed by atoms with Gasteiger partial charge in [0.1, 0.15) is 0 Å². The zero-order valence-corrected chi connectivity index (χ0v) is 25.3. The van der Waals surface area contributed by atoms with Crippen LogP contribution in [0.4, 0.5) is 16.5 Å². The Morgan fingerprint density at radius 3 is 2.33 bits per heavy atom. The van der Waals surface area contributed by atoms with Crippen molar-refractivity contribution < 1.29 is 18.5 Å². The Bertz CT molecular complexity index is 1590. The molecule has 222 valence electrons. The summed E-state index contributed by atoms with van der Waals surface area (Å²) in [5.74, 6) is 1.03. The fraction of sp³-hybridized carbons (Fsp3) is 0.281. The summed E-state index contributed by atoms with van der Waals surface area (Å²) in [5.41, 5.74) is 5.50. The van der Waals surface area contributed by atoms with Crippen LogP contribution < -0.4 is 15.5 Å². The van der Waals surface area contributed by atoms with Gasteiger partial charge in [-0.25, -0.2) is 4.98 Å². The molecule has 0 radical (unpaired) electrons. The van der Waals surface area contributed by atoms with Gasteiger partial charge in [-0.15, -0.1) is 11.3 Å². The van der Waals surface area contributed by atoms with Crippen LogP contribution in [0.3, 0.4) is 0 Å². The third kappa shape index (κ3) is 7.55.